The molecule has 1 saturated carbocycles. The van der Waals surface area contributed by atoms with Crippen LogP contribution in [-0.2, 0) is 4.74 Å². The Labute approximate surface area is 111 Å². The molecule has 1 rings (SSSR count). The molecule has 3 heteroatoms. The standard InChI is InChI=1S/C15H25NO2/c1-5-11-16(14(17)18-15(2,3)4)12-13-9-7-6-8-10-13/h1,13H,6-12H2,2-4H3. The summed E-state index contributed by atoms with van der Waals surface area (Å²) in [6.07, 6.45) is 11.3. The predicted molar refractivity (Wildman–Crippen MR) is 73.2 cm³/mol. The predicted octanol–water partition coefficient (Wildman–Crippen LogP) is 3.44. The van der Waals surface area contributed by atoms with Crippen molar-refractivity contribution in [1.29, 1.82) is 0 Å². The van der Waals surface area contributed by atoms with E-state index in [0.717, 1.165) is 6.54 Å². The second kappa shape index (κ2) is 6.68. The van der Waals surface area contributed by atoms with E-state index < -0.39 is 5.60 Å². The van der Waals surface area contributed by atoms with Crippen LogP contribution < -0.4 is 0 Å². The van der Waals surface area contributed by atoms with Crippen LogP contribution in [-0.4, -0.2) is 29.7 Å². The minimum Gasteiger partial charge on any atom is -0.444 e. The second-order valence-electron chi connectivity index (χ2n) is 6.07. The highest BCUT2D eigenvalue weighted by Crippen LogP contribution is 2.24. The van der Waals surface area contributed by atoms with Crippen LogP contribution >= 0.6 is 0 Å². The van der Waals surface area contributed by atoms with Gasteiger partial charge in [0.2, 0.25) is 0 Å². The molecule has 3 nitrogen and oxygen atoms in total. The molecule has 0 aromatic heterocycles. The van der Waals surface area contributed by atoms with E-state index in [0.29, 0.717) is 12.5 Å². The van der Waals surface area contributed by atoms with Gasteiger partial charge in [0.25, 0.3) is 0 Å². The van der Waals surface area contributed by atoms with E-state index in [1.165, 1.54) is 32.1 Å². The van der Waals surface area contributed by atoms with Crippen LogP contribution in [0.15, 0.2) is 0 Å². The third kappa shape index (κ3) is 5.44. The molecule has 0 bridgehead atoms. The van der Waals surface area contributed by atoms with Gasteiger partial charge in [0, 0.05) is 6.54 Å². The first-order valence-electron chi connectivity index (χ1n) is 6.84. The van der Waals surface area contributed by atoms with Crippen LogP contribution in [0.5, 0.6) is 0 Å². The fraction of sp³-hybridized carbons (Fsp3) is 0.800. The van der Waals surface area contributed by atoms with Crippen molar-refractivity contribution in [3.05, 3.63) is 0 Å². The lowest BCUT2D eigenvalue weighted by Gasteiger charge is -2.30. The molecular formula is C15H25NO2. The number of hydrogen-bond donors (Lipinski definition) is 0. The van der Waals surface area contributed by atoms with E-state index in [-0.39, 0.29) is 6.09 Å². The molecule has 0 N–H and O–H groups in total. The van der Waals surface area contributed by atoms with Gasteiger partial charge in [-0.3, -0.25) is 4.90 Å². The van der Waals surface area contributed by atoms with Crippen LogP contribution in [0, 0.1) is 18.3 Å². The zero-order valence-corrected chi connectivity index (χ0v) is 11.9. The summed E-state index contributed by atoms with van der Waals surface area (Å²) in [6, 6.07) is 0. The molecular weight excluding hydrogens is 226 g/mol. The van der Waals surface area contributed by atoms with Crippen molar-refractivity contribution < 1.29 is 9.53 Å². The summed E-state index contributed by atoms with van der Waals surface area (Å²) in [7, 11) is 0. The summed E-state index contributed by atoms with van der Waals surface area (Å²) in [6.45, 7) is 6.70. The van der Waals surface area contributed by atoms with E-state index in [1.54, 1.807) is 4.90 Å². The van der Waals surface area contributed by atoms with Gasteiger partial charge in [-0.1, -0.05) is 25.2 Å². The first kappa shape index (κ1) is 14.9. The minimum absolute atomic E-state index is 0.286. The SMILES string of the molecule is C#CCN(CC1CCCCC1)C(=O)OC(C)(C)C. The monoisotopic (exact) mass is 251 g/mol. The Bertz CT molecular complexity index is 305. The number of amides is 1. The van der Waals surface area contributed by atoms with Gasteiger partial charge in [-0.2, -0.15) is 0 Å². The van der Waals surface area contributed by atoms with Crippen molar-refractivity contribution >= 4 is 6.09 Å². The fourth-order valence-electron chi connectivity index (χ4n) is 2.32. The van der Waals surface area contributed by atoms with Gasteiger partial charge in [-0.15, -0.1) is 6.42 Å². The highest BCUT2D eigenvalue weighted by atomic mass is 16.6. The molecule has 0 unspecified atom stereocenters. The lowest BCUT2D eigenvalue weighted by atomic mass is 9.89. The van der Waals surface area contributed by atoms with Crippen LogP contribution in [0.2, 0.25) is 0 Å². The molecule has 0 aromatic rings. The molecule has 0 heterocycles. The summed E-state index contributed by atoms with van der Waals surface area (Å²) >= 11 is 0. The molecule has 0 spiro atoms. The topological polar surface area (TPSA) is 29.5 Å². The molecule has 0 atom stereocenters. The van der Waals surface area contributed by atoms with Crippen molar-refractivity contribution in [2.45, 2.75) is 58.5 Å². The summed E-state index contributed by atoms with van der Waals surface area (Å²) in [5, 5.41) is 0. The first-order chi connectivity index (χ1) is 8.42. The third-order valence-electron chi connectivity index (χ3n) is 3.14. The number of carbonyl (C=O) groups is 1. The highest BCUT2D eigenvalue weighted by molar-refractivity contribution is 5.68. The van der Waals surface area contributed by atoms with Crippen molar-refractivity contribution in [2.24, 2.45) is 5.92 Å². The average molecular weight is 251 g/mol. The summed E-state index contributed by atoms with van der Waals surface area (Å²) in [5.74, 6) is 3.13. The van der Waals surface area contributed by atoms with Crippen molar-refractivity contribution in [3.63, 3.8) is 0 Å². The summed E-state index contributed by atoms with van der Waals surface area (Å²) in [4.78, 5) is 13.7. The zero-order valence-electron chi connectivity index (χ0n) is 11.9. The van der Waals surface area contributed by atoms with Crippen molar-refractivity contribution in [1.82, 2.24) is 4.90 Å². The molecule has 0 radical (unpaired) electrons. The normalized spacial score (nSPS) is 17.0. The Morgan fingerprint density at radius 1 is 1.33 bits per heavy atom. The Hall–Kier alpha value is -1.17. The van der Waals surface area contributed by atoms with E-state index in [1.807, 2.05) is 20.8 Å². The van der Waals surface area contributed by atoms with Crippen LogP contribution in [0.3, 0.4) is 0 Å². The van der Waals surface area contributed by atoms with E-state index in [9.17, 15) is 4.79 Å². The number of carbonyl (C=O) groups excluding carboxylic acids is 1. The zero-order chi connectivity index (χ0) is 13.6. The first-order valence-corrected chi connectivity index (χ1v) is 6.84. The van der Waals surface area contributed by atoms with Gasteiger partial charge in [0.05, 0.1) is 6.54 Å². The van der Waals surface area contributed by atoms with E-state index >= 15 is 0 Å². The van der Waals surface area contributed by atoms with E-state index in [4.69, 9.17) is 11.2 Å². The Morgan fingerprint density at radius 2 is 1.94 bits per heavy atom. The largest absolute Gasteiger partial charge is 0.444 e. The Morgan fingerprint density at radius 3 is 2.44 bits per heavy atom. The molecule has 18 heavy (non-hydrogen) atoms. The maximum absolute atomic E-state index is 12.0. The number of terminal acetylenes is 1. The van der Waals surface area contributed by atoms with Crippen LogP contribution in [0.1, 0.15) is 52.9 Å². The Kier molecular flexibility index (Phi) is 5.53. The smallest absolute Gasteiger partial charge is 0.411 e. The fourth-order valence-corrected chi connectivity index (χ4v) is 2.32. The highest BCUT2D eigenvalue weighted by Gasteiger charge is 2.24. The van der Waals surface area contributed by atoms with Crippen LogP contribution in [0.25, 0.3) is 0 Å². The lowest BCUT2D eigenvalue weighted by Crippen LogP contribution is -2.40. The number of nitrogens with zero attached hydrogens (tertiary/aromatic N) is 1. The second-order valence-corrected chi connectivity index (χ2v) is 6.07. The number of rotatable bonds is 3. The van der Waals surface area contributed by atoms with Gasteiger partial charge < -0.3 is 4.74 Å². The Balaban J connectivity index is 2.53. The average Bonchev–Trinajstić information content (AvgIpc) is 2.27. The maximum atomic E-state index is 12.0. The quantitative estimate of drug-likeness (QED) is 0.719. The van der Waals surface area contributed by atoms with Crippen molar-refractivity contribution in [2.75, 3.05) is 13.1 Å². The van der Waals surface area contributed by atoms with Gasteiger partial charge in [0.1, 0.15) is 5.60 Å². The summed E-state index contributed by atoms with van der Waals surface area (Å²) in [5.41, 5.74) is -0.462. The maximum Gasteiger partial charge on any atom is 0.411 e. The van der Waals surface area contributed by atoms with E-state index in [2.05, 4.69) is 5.92 Å². The summed E-state index contributed by atoms with van der Waals surface area (Å²) < 4.78 is 5.39. The molecule has 1 aliphatic carbocycles. The molecule has 0 aromatic carbocycles. The van der Waals surface area contributed by atoms with Gasteiger partial charge >= 0.3 is 6.09 Å². The third-order valence-corrected chi connectivity index (χ3v) is 3.14. The number of ether oxygens (including phenoxy) is 1. The van der Waals surface area contributed by atoms with Crippen molar-refractivity contribution in [3.8, 4) is 12.3 Å². The van der Waals surface area contributed by atoms with Gasteiger partial charge in [-0.25, -0.2) is 4.79 Å². The molecule has 0 aliphatic heterocycles. The molecule has 0 saturated heterocycles. The van der Waals surface area contributed by atoms with Gasteiger partial charge in [0.15, 0.2) is 0 Å². The van der Waals surface area contributed by atoms with Gasteiger partial charge in [-0.05, 0) is 39.5 Å². The number of hydrogen-bond acceptors (Lipinski definition) is 2. The minimum atomic E-state index is -0.462. The molecule has 1 amide bonds. The lowest BCUT2D eigenvalue weighted by molar-refractivity contribution is 0.0236. The molecule has 1 aliphatic rings. The molecule has 102 valence electrons. The van der Waals surface area contributed by atoms with Crippen LogP contribution in [0.4, 0.5) is 4.79 Å². The molecule has 1 fully saturated rings.